The number of unbranched alkanes of at least 4 members (excludes halogenated alkanes) is 4. The number of carbonyl (C=O) groups is 1. The van der Waals surface area contributed by atoms with E-state index in [-0.39, 0.29) is 6.61 Å². The minimum Gasteiger partial charge on any atom is -0.394 e. The van der Waals surface area contributed by atoms with Crippen LogP contribution in [-0.4, -0.2) is 87.5 Å². The number of hydrogen-bond donors (Lipinski definition) is 6. The molecule has 9 nitrogen and oxygen atoms in total. The first-order chi connectivity index (χ1) is 14.8. The van der Waals surface area contributed by atoms with E-state index in [2.05, 4.69) is 19.2 Å². The molecule has 6 N–H and O–H groups in total. The van der Waals surface area contributed by atoms with E-state index in [1.165, 1.54) is 0 Å². The summed E-state index contributed by atoms with van der Waals surface area (Å²) in [5.74, 6) is -0.484. The molecule has 9 heteroatoms. The van der Waals surface area contributed by atoms with E-state index in [0.29, 0.717) is 12.8 Å². The summed E-state index contributed by atoms with van der Waals surface area (Å²) in [5.41, 5.74) is 0. The molecule has 1 amide bonds. The predicted octanol–water partition coefficient (Wildman–Crippen LogP) is 0.365. The zero-order chi connectivity index (χ0) is 23.2. The third-order valence-electron chi connectivity index (χ3n) is 5.33. The molecular formula is C22H41NO8. The number of allylic oxidation sites excluding steroid dienone is 1. The van der Waals surface area contributed by atoms with E-state index in [1.54, 1.807) is 0 Å². The summed E-state index contributed by atoms with van der Waals surface area (Å²) in [6.07, 6.45) is 2.56. The van der Waals surface area contributed by atoms with Crippen LogP contribution in [0, 0.1) is 0 Å². The fourth-order valence-electron chi connectivity index (χ4n) is 3.32. The fourth-order valence-corrected chi connectivity index (χ4v) is 3.32. The summed E-state index contributed by atoms with van der Waals surface area (Å²) in [6, 6.07) is -0.488. The van der Waals surface area contributed by atoms with Gasteiger partial charge in [0, 0.05) is 0 Å². The SMILES string of the molecule is CCC/C=C/C[C@H](CO[C@@H]1O[C@H](CO)[C@@H](O)[C@H](O)[C@H]1O)NC(=O)[C@H](O)CCCCCC. The summed E-state index contributed by atoms with van der Waals surface area (Å²) in [7, 11) is 0. The van der Waals surface area contributed by atoms with Crippen molar-refractivity contribution in [2.45, 2.75) is 108 Å². The minimum absolute atomic E-state index is 0.0482. The number of nitrogens with one attached hydrogen (secondary N) is 1. The van der Waals surface area contributed by atoms with E-state index in [0.717, 1.165) is 38.5 Å². The Morgan fingerprint density at radius 3 is 2.45 bits per heavy atom. The minimum atomic E-state index is -1.53. The van der Waals surface area contributed by atoms with Crippen molar-refractivity contribution >= 4 is 5.91 Å². The molecule has 0 aliphatic carbocycles. The molecule has 0 aromatic heterocycles. The third kappa shape index (κ3) is 9.95. The molecule has 1 fully saturated rings. The number of carbonyl (C=O) groups excluding carboxylic acids is 1. The van der Waals surface area contributed by atoms with Crippen molar-refractivity contribution in [3.05, 3.63) is 12.2 Å². The second-order valence-electron chi connectivity index (χ2n) is 8.10. The summed E-state index contributed by atoms with van der Waals surface area (Å²) in [5, 5.41) is 52.1. The van der Waals surface area contributed by atoms with Gasteiger partial charge in [0.2, 0.25) is 5.91 Å². The average molecular weight is 448 g/mol. The van der Waals surface area contributed by atoms with Crippen LogP contribution in [0.5, 0.6) is 0 Å². The molecule has 0 aromatic carbocycles. The van der Waals surface area contributed by atoms with Gasteiger partial charge in [0.1, 0.15) is 30.5 Å². The Morgan fingerprint density at radius 1 is 1.06 bits per heavy atom. The van der Waals surface area contributed by atoms with Crippen molar-refractivity contribution < 1.29 is 39.8 Å². The Bertz CT molecular complexity index is 516. The second kappa shape index (κ2) is 15.7. The molecular weight excluding hydrogens is 406 g/mol. The van der Waals surface area contributed by atoms with Crippen molar-refractivity contribution in [3.63, 3.8) is 0 Å². The largest absolute Gasteiger partial charge is 0.394 e. The standard InChI is InChI=1S/C22H41NO8/c1-3-5-7-9-11-15(23-21(29)16(25)12-10-8-6-4-2)14-30-22-20(28)19(27)18(26)17(13-24)31-22/h7,9,15-20,22,24-28H,3-6,8,10-14H2,1-2H3,(H,23,29)/b9-7+/t15-,16-,17-,18-,19+,20-,22-/m1/s1. The van der Waals surface area contributed by atoms with E-state index in [9.17, 15) is 30.3 Å². The van der Waals surface area contributed by atoms with Gasteiger partial charge in [0.05, 0.1) is 19.3 Å². The van der Waals surface area contributed by atoms with Gasteiger partial charge in [-0.2, -0.15) is 0 Å². The van der Waals surface area contributed by atoms with E-state index < -0.39 is 55.4 Å². The molecule has 1 aliphatic heterocycles. The summed E-state index contributed by atoms with van der Waals surface area (Å²) >= 11 is 0. The first-order valence-electron chi connectivity index (χ1n) is 11.4. The predicted molar refractivity (Wildman–Crippen MR) is 115 cm³/mol. The number of rotatable bonds is 15. The fraction of sp³-hybridized carbons (Fsp3) is 0.864. The molecule has 1 aliphatic rings. The molecule has 0 spiro atoms. The lowest BCUT2D eigenvalue weighted by molar-refractivity contribution is -0.302. The van der Waals surface area contributed by atoms with Gasteiger partial charge in [-0.25, -0.2) is 0 Å². The molecule has 0 aromatic rings. The molecule has 0 bridgehead atoms. The van der Waals surface area contributed by atoms with Gasteiger partial charge in [0.25, 0.3) is 0 Å². The maximum atomic E-state index is 12.4. The highest BCUT2D eigenvalue weighted by Crippen LogP contribution is 2.22. The second-order valence-corrected chi connectivity index (χ2v) is 8.10. The van der Waals surface area contributed by atoms with E-state index >= 15 is 0 Å². The van der Waals surface area contributed by atoms with Crippen LogP contribution in [0.1, 0.15) is 65.2 Å². The van der Waals surface area contributed by atoms with Crippen LogP contribution in [0.2, 0.25) is 0 Å². The number of ether oxygens (including phenoxy) is 2. The van der Waals surface area contributed by atoms with Gasteiger partial charge in [-0.1, -0.05) is 58.1 Å². The van der Waals surface area contributed by atoms with Crippen LogP contribution in [0.3, 0.4) is 0 Å². The van der Waals surface area contributed by atoms with Crippen molar-refractivity contribution in [2.24, 2.45) is 0 Å². The Kier molecular flexibility index (Phi) is 14.1. The summed E-state index contributed by atoms with van der Waals surface area (Å²) < 4.78 is 10.9. The van der Waals surface area contributed by atoms with Crippen molar-refractivity contribution in [2.75, 3.05) is 13.2 Å². The van der Waals surface area contributed by atoms with E-state index in [4.69, 9.17) is 9.47 Å². The lowest BCUT2D eigenvalue weighted by atomic mass is 9.99. The lowest BCUT2D eigenvalue weighted by Gasteiger charge is -2.40. The van der Waals surface area contributed by atoms with Crippen LogP contribution < -0.4 is 5.32 Å². The van der Waals surface area contributed by atoms with Gasteiger partial charge in [-0.15, -0.1) is 0 Å². The highest BCUT2D eigenvalue weighted by Gasteiger charge is 2.44. The third-order valence-corrected chi connectivity index (χ3v) is 5.33. The summed E-state index contributed by atoms with van der Waals surface area (Å²) in [6.45, 7) is 3.55. The number of aliphatic hydroxyl groups is 5. The van der Waals surface area contributed by atoms with Crippen molar-refractivity contribution in [3.8, 4) is 0 Å². The topological polar surface area (TPSA) is 149 Å². The molecule has 0 unspecified atom stereocenters. The van der Waals surface area contributed by atoms with Crippen LogP contribution in [0.25, 0.3) is 0 Å². The molecule has 7 atom stereocenters. The maximum absolute atomic E-state index is 12.4. The maximum Gasteiger partial charge on any atom is 0.249 e. The van der Waals surface area contributed by atoms with Crippen molar-refractivity contribution in [1.29, 1.82) is 0 Å². The van der Waals surface area contributed by atoms with Crippen LogP contribution in [0.15, 0.2) is 12.2 Å². The average Bonchev–Trinajstić information content (AvgIpc) is 2.76. The van der Waals surface area contributed by atoms with Gasteiger partial charge < -0.3 is 40.3 Å². The van der Waals surface area contributed by atoms with E-state index in [1.807, 2.05) is 12.2 Å². The zero-order valence-electron chi connectivity index (χ0n) is 18.7. The monoisotopic (exact) mass is 447 g/mol. The highest BCUT2D eigenvalue weighted by atomic mass is 16.7. The molecule has 1 saturated heterocycles. The van der Waals surface area contributed by atoms with Crippen LogP contribution in [0.4, 0.5) is 0 Å². The first kappa shape index (κ1) is 28.0. The quantitative estimate of drug-likeness (QED) is 0.156. The molecule has 1 heterocycles. The molecule has 182 valence electrons. The molecule has 0 radical (unpaired) electrons. The first-order valence-corrected chi connectivity index (χ1v) is 11.4. The van der Waals surface area contributed by atoms with Gasteiger partial charge in [0.15, 0.2) is 6.29 Å². The van der Waals surface area contributed by atoms with Crippen LogP contribution >= 0.6 is 0 Å². The Hall–Kier alpha value is -1.07. The highest BCUT2D eigenvalue weighted by molar-refractivity contribution is 5.80. The molecule has 31 heavy (non-hydrogen) atoms. The number of amides is 1. The smallest absolute Gasteiger partial charge is 0.249 e. The number of aliphatic hydroxyl groups excluding tert-OH is 5. The van der Waals surface area contributed by atoms with Gasteiger partial charge >= 0.3 is 0 Å². The lowest BCUT2D eigenvalue weighted by Crippen LogP contribution is -2.59. The normalized spacial score (nSPS) is 28.5. The Labute approximate surface area is 185 Å². The number of hydrogen-bond acceptors (Lipinski definition) is 8. The van der Waals surface area contributed by atoms with Crippen LogP contribution in [-0.2, 0) is 14.3 Å². The molecule has 1 rings (SSSR count). The van der Waals surface area contributed by atoms with Gasteiger partial charge in [-0.3, -0.25) is 4.79 Å². The Balaban J connectivity index is 2.65. The Morgan fingerprint density at radius 2 is 1.81 bits per heavy atom. The summed E-state index contributed by atoms with van der Waals surface area (Å²) in [4.78, 5) is 12.4. The van der Waals surface area contributed by atoms with Gasteiger partial charge in [-0.05, 0) is 19.3 Å². The zero-order valence-corrected chi connectivity index (χ0v) is 18.7. The van der Waals surface area contributed by atoms with Crippen molar-refractivity contribution in [1.82, 2.24) is 5.32 Å². The molecule has 0 saturated carbocycles.